The van der Waals surface area contributed by atoms with E-state index >= 15 is 0 Å². The SMILES string of the molecule is CCCC[C@@H](NS(=O)(=O)c1ccc(C)cc1)C(=O)Oc1ccc2c(CC)cc(=O)oc2c1C. The van der Waals surface area contributed by atoms with Crippen molar-refractivity contribution in [3.63, 3.8) is 0 Å². The van der Waals surface area contributed by atoms with Gasteiger partial charge in [0.15, 0.2) is 0 Å². The first-order valence-corrected chi connectivity index (χ1v) is 12.5. The summed E-state index contributed by atoms with van der Waals surface area (Å²) in [6.07, 6.45) is 2.38. The molecule has 0 unspecified atom stereocenters. The summed E-state index contributed by atoms with van der Waals surface area (Å²) in [5.74, 6) is -0.490. The van der Waals surface area contributed by atoms with Gasteiger partial charge in [-0.1, -0.05) is 44.4 Å². The summed E-state index contributed by atoms with van der Waals surface area (Å²) in [5, 5.41) is 0.775. The molecule has 0 bridgehead atoms. The summed E-state index contributed by atoms with van der Waals surface area (Å²) in [4.78, 5) is 25.0. The van der Waals surface area contributed by atoms with Crippen LogP contribution in [-0.4, -0.2) is 20.4 Å². The first-order valence-electron chi connectivity index (χ1n) is 11.0. The van der Waals surface area contributed by atoms with Crippen LogP contribution < -0.4 is 15.1 Å². The smallest absolute Gasteiger partial charge is 0.336 e. The van der Waals surface area contributed by atoms with Crippen molar-refractivity contribution in [3.8, 4) is 5.75 Å². The highest BCUT2D eigenvalue weighted by Crippen LogP contribution is 2.29. The monoisotopic (exact) mass is 471 g/mol. The Bertz CT molecular complexity index is 1310. The number of carbonyl (C=O) groups excluding carboxylic acids is 1. The molecular weight excluding hydrogens is 442 g/mol. The summed E-state index contributed by atoms with van der Waals surface area (Å²) < 4.78 is 39.2. The maximum atomic E-state index is 13.0. The van der Waals surface area contributed by atoms with Gasteiger partial charge in [0.1, 0.15) is 17.4 Å². The number of benzene rings is 2. The van der Waals surface area contributed by atoms with Crippen molar-refractivity contribution < 1.29 is 22.4 Å². The van der Waals surface area contributed by atoms with Crippen LogP contribution in [0.5, 0.6) is 5.75 Å². The third-order valence-electron chi connectivity index (χ3n) is 5.55. The molecule has 0 aliphatic heterocycles. The van der Waals surface area contributed by atoms with Gasteiger partial charge < -0.3 is 9.15 Å². The quantitative estimate of drug-likeness (QED) is 0.282. The van der Waals surface area contributed by atoms with Gasteiger partial charge in [0.25, 0.3) is 0 Å². The molecule has 0 saturated carbocycles. The molecule has 0 amide bonds. The van der Waals surface area contributed by atoms with E-state index < -0.39 is 27.7 Å². The Morgan fingerprint density at radius 3 is 2.42 bits per heavy atom. The van der Waals surface area contributed by atoms with E-state index in [1.54, 1.807) is 31.2 Å². The maximum absolute atomic E-state index is 13.0. The van der Waals surface area contributed by atoms with Crippen molar-refractivity contribution in [1.29, 1.82) is 0 Å². The van der Waals surface area contributed by atoms with Crippen LogP contribution in [0.2, 0.25) is 0 Å². The average Bonchev–Trinajstić information content (AvgIpc) is 2.78. The van der Waals surface area contributed by atoms with E-state index in [4.69, 9.17) is 9.15 Å². The van der Waals surface area contributed by atoms with Crippen LogP contribution >= 0.6 is 0 Å². The molecule has 33 heavy (non-hydrogen) atoms. The minimum atomic E-state index is -3.91. The lowest BCUT2D eigenvalue weighted by atomic mass is 10.0. The molecule has 0 spiro atoms. The lowest BCUT2D eigenvalue weighted by molar-refractivity contribution is -0.136. The van der Waals surface area contributed by atoms with Gasteiger partial charge in [-0.2, -0.15) is 4.72 Å². The number of aryl methyl sites for hydroxylation is 3. The van der Waals surface area contributed by atoms with Crippen molar-refractivity contribution in [2.45, 2.75) is 64.3 Å². The number of esters is 1. The fourth-order valence-corrected chi connectivity index (χ4v) is 4.82. The van der Waals surface area contributed by atoms with Crippen molar-refractivity contribution >= 4 is 27.0 Å². The molecule has 1 atom stereocenters. The third-order valence-corrected chi connectivity index (χ3v) is 7.04. The van der Waals surface area contributed by atoms with Crippen molar-refractivity contribution in [1.82, 2.24) is 4.72 Å². The van der Waals surface area contributed by atoms with E-state index in [2.05, 4.69) is 4.72 Å². The second kappa shape index (κ2) is 10.3. The van der Waals surface area contributed by atoms with Gasteiger partial charge in [-0.15, -0.1) is 0 Å². The number of hydrogen-bond acceptors (Lipinski definition) is 6. The van der Waals surface area contributed by atoms with Gasteiger partial charge in [0.2, 0.25) is 10.0 Å². The average molecular weight is 472 g/mol. The molecule has 3 rings (SSSR count). The number of rotatable bonds is 9. The van der Waals surface area contributed by atoms with Crippen LogP contribution in [0, 0.1) is 13.8 Å². The summed E-state index contributed by atoms with van der Waals surface area (Å²) in [7, 11) is -3.91. The normalized spacial score (nSPS) is 12.6. The predicted octanol–water partition coefficient (Wildman–Crippen LogP) is 4.41. The number of fused-ring (bicyclic) bond motifs is 1. The van der Waals surface area contributed by atoms with Crippen molar-refractivity contribution in [2.75, 3.05) is 0 Å². The molecule has 1 aromatic heterocycles. The third kappa shape index (κ3) is 5.69. The van der Waals surface area contributed by atoms with Gasteiger partial charge in [-0.25, -0.2) is 18.0 Å². The van der Waals surface area contributed by atoms with Gasteiger partial charge in [0, 0.05) is 17.0 Å². The molecule has 0 fully saturated rings. The fourth-order valence-electron chi connectivity index (χ4n) is 3.60. The molecule has 8 heteroatoms. The maximum Gasteiger partial charge on any atom is 0.336 e. The number of ether oxygens (including phenoxy) is 1. The minimum absolute atomic E-state index is 0.0816. The highest BCUT2D eigenvalue weighted by atomic mass is 32.2. The van der Waals surface area contributed by atoms with E-state index in [1.165, 1.54) is 18.2 Å². The Morgan fingerprint density at radius 2 is 1.79 bits per heavy atom. The Hall–Kier alpha value is -2.97. The van der Waals surface area contributed by atoms with Crippen LogP contribution in [-0.2, 0) is 21.2 Å². The molecule has 176 valence electrons. The van der Waals surface area contributed by atoms with E-state index in [-0.39, 0.29) is 10.6 Å². The van der Waals surface area contributed by atoms with E-state index in [9.17, 15) is 18.0 Å². The Morgan fingerprint density at radius 1 is 1.09 bits per heavy atom. The first kappa shape index (κ1) is 24.7. The van der Waals surface area contributed by atoms with Gasteiger partial charge in [-0.3, -0.25) is 0 Å². The Kier molecular flexibility index (Phi) is 7.71. The zero-order valence-corrected chi connectivity index (χ0v) is 20.1. The van der Waals surface area contributed by atoms with Crippen LogP contribution in [0.3, 0.4) is 0 Å². The summed E-state index contributed by atoms with van der Waals surface area (Å²) >= 11 is 0. The second-order valence-corrected chi connectivity index (χ2v) is 9.77. The number of nitrogens with one attached hydrogen (secondary N) is 1. The Labute approximate surface area is 193 Å². The summed E-state index contributed by atoms with van der Waals surface area (Å²) in [6, 6.07) is 10.2. The van der Waals surface area contributed by atoms with Crippen molar-refractivity contribution in [3.05, 3.63) is 69.6 Å². The van der Waals surface area contributed by atoms with Gasteiger partial charge >= 0.3 is 11.6 Å². The highest BCUT2D eigenvalue weighted by Gasteiger charge is 2.27. The van der Waals surface area contributed by atoms with Crippen molar-refractivity contribution in [2.24, 2.45) is 0 Å². The van der Waals surface area contributed by atoms with Crippen LogP contribution in [0.1, 0.15) is 49.8 Å². The number of carbonyl (C=O) groups is 1. The van der Waals surface area contributed by atoms with Crippen LogP contribution in [0.25, 0.3) is 11.0 Å². The molecule has 7 nitrogen and oxygen atoms in total. The summed E-state index contributed by atoms with van der Waals surface area (Å²) in [5.41, 5.74) is 2.16. The number of hydrogen-bond donors (Lipinski definition) is 1. The number of unbranched alkanes of at least 4 members (excludes halogenated alkanes) is 1. The fraction of sp³-hybridized carbons (Fsp3) is 0.360. The van der Waals surface area contributed by atoms with Gasteiger partial charge in [0.05, 0.1) is 4.90 Å². The molecule has 0 aliphatic carbocycles. The molecule has 1 heterocycles. The molecule has 0 radical (unpaired) electrons. The zero-order chi connectivity index (χ0) is 24.2. The second-order valence-electron chi connectivity index (χ2n) is 8.06. The Balaban J connectivity index is 1.90. The lowest BCUT2D eigenvalue weighted by Gasteiger charge is -2.18. The lowest BCUT2D eigenvalue weighted by Crippen LogP contribution is -2.43. The van der Waals surface area contributed by atoms with E-state index in [0.717, 1.165) is 22.9 Å². The van der Waals surface area contributed by atoms with Crippen LogP contribution in [0.15, 0.2) is 56.6 Å². The largest absolute Gasteiger partial charge is 0.425 e. The molecule has 3 aromatic rings. The first-order chi connectivity index (χ1) is 15.7. The zero-order valence-electron chi connectivity index (χ0n) is 19.3. The number of sulfonamides is 1. The molecule has 2 aromatic carbocycles. The van der Waals surface area contributed by atoms with E-state index in [1.807, 2.05) is 20.8 Å². The molecular formula is C25H29NO6S. The predicted molar refractivity (Wildman–Crippen MR) is 127 cm³/mol. The van der Waals surface area contributed by atoms with Crippen LogP contribution in [0.4, 0.5) is 0 Å². The van der Waals surface area contributed by atoms with E-state index in [0.29, 0.717) is 30.4 Å². The highest BCUT2D eigenvalue weighted by molar-refractivity contribution is 7.89. The molecule has 0 saturated heterocycles. The summed E-state index contributed by atoms with van der Waals surface area (Å²) in [6.45, 7) is 7.46. The standard InChI is InChI=1S/C25H29NO6S/c1-5-7-8-21(26-33(29,30)19-11-9-16(3)10-12-19)25(28)31-22-14-13-20-18(6-2)15-23(27)32-24(20)17(22)4/h9-15,21,26H,5-8H2,1-4H3/t21-/m1/s1. The van der Waals surface area contributed by atoms with Gasteiger partial charge in [-0.05, 0) is 56.5 Å². The minimum Gasteiger partial charge on any atom is -0.425 e. The topological polar surface area (TPSA) is 103 Å². The molecule has 1 N–H and O–H groups in total. The molecule has 0 aliphatic rings.